The zero-order valence-corrected chi connectivity index (χ0v) is 10.9. The second-order valence-electron chi connectivity index (χ2n) is 4.27. The van der Waals surface area contributed by atoms with E-state index in [1.807, 2.05) is 30.3 Å². The van der Waals surface area contributed by atoms with Crippen molar-refractivity contribution >= 4 is 11.8 Å². The van der Waals surface area contributed by atoms with Crippen molar-refractivity contribution in [1.82, 2.24) is 15.3 Å². The van der Waals surface area contributed by atoms with Crippen LogP contribution in [0.4, 0.5) is 5.82 Å². The van der Waals surface area contributed by atoms with Crippen LogP contribution in [0.25, 0.3) is 0 Å². The molecule has 0 saturated carbocycles. The first-order chi connectivity index (χ1) is 9.92. The number of nitrogens with one attached hydrogen (secondary N) is 2. The molecule has 3 rings (SSSR count). The number of hydrogen-bond acceptors (Lipinski definition) is 6. The maximum atomic E-state index is 5.71. The molecule has 0 atom stereocenters. The molecule has 0 spiro atoms. The molecule has 0 unspecified atom stereocenters. The Balaban J connectivity index is 1.69. The van der Waals surface area contributed by atoms with Crippen LogP contribution in [-0.2, 0) is 6.61 Å². The highest BCUT2D eigenvalue weighted by Gasteiger charge is 2.11. The topological polar surface area (TPSA) is 71.4 Å². The Labute approximate surface area is 116 Å². The molecular formula is C14H15N5O. The van der Waals surface area contributed by atoms with E-state index in [1.165, 1.54) is 0 Å². The van der Waals surface area contributed by atoms with Crippen molar-refractivity contribution in [2.75, 3.05) is 18.4 Å². The molecule has 0 amide bonds. The standard InChI is InChI=1S/C14H15N5O/c1-2-4-11(5-3-1)10-20-13-12(15-6-7-16-13)19-14-17-8-9-18-14/h1-7H,8-10H2,(H2,15,17,18,19). The van der Waals surface area contributed by atoms with Gasteiger partial charge in [-0.3, -0.25) is 4.99 Å². The molecule has 2 aromatic rings. The molecule has 2 heterocycles. The summed E-state index contributed by atoms with van der Waals surface area (Å²) in [6, 6.07) is 9.94. The third-order valence-electron chi connectivity index (χ3n) is 2.79. The molecular weight excluding hydrogens is 254 g/mol. The van der Waals surface area contributed by atoms with Gasteiger partial charge in [0.1, 0.15) is 6.61 Å². The average molecular weight is 269 g/mol. The van der Waals surface area contributed by atoms with E-state index in [-0.39, 0.29) is 0 Å². The van der Waals surface area contributed by atoms with Gasteiger partial charge in [0.15, 0.2) is 11.8 Å². The highest BCUT2D eigenvalue weighted by molar-refractivity contribution is 5.94. The fourth-order valence-electron chi connectivity index (χ4n) is 1.84. The van der Waals surface area contributed by atoms with E-state index in [2.05, 4.69) is 25.6 Å². The Bertz CT molecular complexity index is 600. The largest absolute Gasteiger partial charge is 0.470 e. The van der Waals surface area contributed by atoms with Crippen LogP contribution in [0.1, 0.15) is 5.56 Å². The molecule has 1 aliphatic heterocycles. The molecule has 0 radical (unpaired) electrons. The van der Waals surface area contributed by atoms with Crippen LogP contribution in [0, 0.1) is 0 Å². The van der Waals surface area contributed by atoms with Crippen molar-refractivity contribution < 1.29 is 4.74 Å². The van der Waals surface area contributed by atoms with Crippen LogP contribution in [-0.4, -0.2) is 29.0 Å². The van der Waals surface area contributed by atoms with Gasteiger partial charge in [-0.05, 0) is 5.56 Å². The van der Waals surface area contributed by atoms with Gasteiger partial charge < -0.3 is 15.4 Å². The highest BCUT2D eigenvalue weighted by atomic mass is 16.5. The lowest BCUT2D eigenvalue weighted by atomic mass is 10.2. The average Bonchev–Trinajstić information content (AvgIpc) is 3.00. The summed E-state index contributed by atoms with van der Waals surface area (Å²) < 4.78 is 5.71. The van der Waals surface area contributed by atoms with Gasteiger partial charge in [-0.25, -0.2) is 9.97 Å². The van der Waals surface area contributed by atoms with Crippen molar-refractivity contribution in [2.45, 2.75) is 6.61 Å². The van der Waals surface area contributed by atoms with Crippen LogP contribution in [0.15, 0.2) is 47.7 Å². The summed E-state index contributed by atoms with van der Waals surface area (Å²) >= 11 is 0. The second-order valence-corrected chi connectivity index (χ2v) is 4.27. The third kappa shape index (κ3) is 3.03. The summed E-state index contributed by atoms with van der Waals surface area (Å²) in [7, 11) is 0. The molecule has 6 nitrogen and oxygen atoms in total. The van der Waals surface area contributed by atoms with Crippen molar-refractivity contribution in [3.63, 3.8) is 0 Å². The second kappa shape index (κ2) is 6.01. The minimum Gasteiger partial charge on any atom is -0.470 e. The predicted molar refractivity (Wildman–Crippen MR) is 76.7 cm³/mol. The molecule has 2 N–H and O–H groups in total. The predicted octanol–water partition coefficient (Wildman–Crippen LogP) is 1.43. The molecule has 6 heteroatoms. The van der Waals surface area contributed by atoms with Gasteiger partial charge in [-0.1, -0.05) is 30.3 Å². The number of rotatable bonds is 4. The minimum atomic E-state index is 0.452. The van der Waals surface area contributed by atoms with E-state index in [1.54, 1.807) is 12.4 Å². The normalized spacial score (nSPS) is 13.5. The first kappa shape index (κ1) is 12.4. The van der Waals surface area contributed by atoms with Crippen LogP contribution in [0.2, 0.25) is 0 Å². The molecule has 1 aromatic heterocycles. The Hall–Kier alpha value is -2.63. The van der Waals surface area contributed by atoms with E-state index < -0.39 is 0 Å². The van der Waals surface area contributed by atoms with E-state index in [0.29, 0.717) is 24.3 Å². The molecule has 20 heavy (non-hydrogen) atoms. The maximum absolute atomic E-state index is 5.71. The van der Waals surface area contributed by atoms with Gasteiger partial charge in [0, 0.05) is 18.9 Å². The number of anilines is 1. The molecule has 0 bridgehead atoms. The molecule has 0 saturated heterocycles. The van der Waals surface area contributed by atoms with Crippen molar-refractivity contribution in [2.24, 2.45) is 4.99 Å². The van der Waals surface area contributed by atoms with E-state index in [9.17, 15) is 0 Å². The number of aliphatic imine (C=N–C) groups is 1. The summed E-state index contributed by atoms with van der Waals surface area (Å²) in [6.45, 7) is 2.06. The van der Waals surface area contributed by atoms with Crippen LogP contribution >= 0.6 is 0 Å². The number of ether oxygens (including phenoxy) is 1. The summed E-state index contributed by atoms with van der Waals surface area (Å²) in [5, 5.41) is 6.21. The van der Waals surface area contributed by atoms with Gasteiger partial charge in [-0.15, -0.1) is 0 Å². The van der Waals surface area contributed by atoms with Gasteiger partial charge in [0.25, 0.3) is 5.88 Å². The van der Waals surface area contributed by atoms with Gasteiger partial charge in [0.05, 0.1) is 6.54 Å². The fourth-order valence-corrected chi connectivity index (χ4v) is 1.84. The number of hydrogen-bond donors (Lipinski definition) is 2. The van der Waals surface area contributed by atoms with E-state index >= 15 is 0 Å². The third-order valence-corrected chi connectivity index (χ3v) is 2.79. The number of aromatic nitrogens is 2. The molecule has 102 valence electrons. The molecule has 1 aliphatic rings. The molecule has 1 aromatic carbocycles. The minimum absolute atomic E-state index is 0.452. The highest BCUT2D eigenvalue weighted by Crippen LogP contribution is 2.18. The molecule has 0 fully saturated rings. The first-order valence-electron chi connectivity index (χ1n) is 6.45. The zero-order chi connectivity index (χ0) is 13.6. The zero-order valence-electron chi connectivity index (χ0n) is 10.9. The lowest BCUT2D eigenvalue weighted by Crippen LogP contribution is -2.27. The summed E-state index contributed by atoms with van der Waals surface area (Å²) in [5.41, 5.74) is 1.08. The van der Waals surface area contributed by atoms with Crippen molar-refractivity contribution in [3.05, 3.63) is 48.3 Å². The van der Waals surface area contributed by atoms with E-state index in [4.69, 9.17) is 4.74 Å². The van der Waals surface area contributed by atoms with Crippen LogP contribution < -0.4 is 15.4 Å². The smallest absolute Gasteiger partial charge is 0.258 e. The Morgan fingerprint density at radius 3 is 2.80 bits per heavy atom. The fraction of sp³-hybridized carbons (Fsp3) is 0.214. The lowest BCUT2D eigenvalue weighted by Gasteiger charge is -2.11. The number of guanidine groups is 1. The molecule has 0 aliphatic carbocycles. The SMILES string of the molecule is c1ccc(COc2nccnc2NC2=NCCN2)cc1. The summed E-state index contributed by atoms with van der Waals surface area (Å²) in [4.78, 5) is 12.7. The van der Waals surface area contributed by atoms with Gasteiger partial charge in [0.2, 0.25) is 0 Å². The van der Waals surface area contributed by atoms with Crippen LogP contribution in [0.3, 0.4) is 0 Å². The van der Waals surface area contributed by atoms with Gasteiger partial charge >= 0.3 is 0 Å². The Morgan fingerprint density at radius 1 is 1.15 bits per heavy atom. The first-order valence-corrected chi connectivity index (χ1v) is 6.45. The Kier molecular flexibility index (Phi) is 3.73. The summed E-state index contributed by atoms with van der Waals surface area (Å²) in [6.07, 6.45) is 3.22. The number of nitrogens with zero attached hydrogens (tertiary/aromatic N) is 3. The monoisotopic (exact) mass is 269 g/mol. The maximum Gasteiger partial charge on any atom is 0.258 e. The van der Waals surface area contributed by atoms with Crippen molar-refractivity contribution in [1.29, 1.82) is 0 Å². The van der Waals surface area contributed by atoms with E-state index in [0.717, 1.165) is 18.7 Å². The van der Waals surface area contributed by atoms with Crippen LogP contribution in [0.5, 0.6) is 5.88 Å². The quantitative estimate of drug-likeness (QED) is 0.878. The van der Waals surface area contributed by atoms with Gasteiger partial charge in [-0.2, -0.15) is 0 Å². The van der Waals surface area contributed by atoms with Crippen molar-refractivity contribution in [3.8, 4) is 5.88 Å². The Morgan fingerprint density at radius 2 is 2.00 bits per heavy atom. The number of benzene rings is 1. The summed E-state index contributed by atoms with van der Waals surface area (Å²) in [5.74, 6) is 1.74. The lowest BCUT2D eigenvalue weighted by molar-refractivity contribution is 0.294.